The highest BCUT2D eigenvalue weighted by molar-refractivity contribution is 6.31. The lowest BCUT2D eigenvalue weighted by Crippen LogP contribution is -2.06. The predicted octanol–water partition coefficient (Wildman–Crippen LogP) is 3.51. The molecular weight excluding hydrogens is 364 g/mol. The maximum absolute atomic E-state index is 12.9. The van der Waals surface area contributed by atoms with Crippen molar-refractivity contribution in [3.05, 3.63) is 62.7 Å². The summed E-state index contributed by atoms with van der Waals surface area (Å²) in [6, 6.07) is 7.50. The van der Waals surface area contributed by atoms with Gasteiger partial charge < -0.3 is 10.2 Å². The van der Waals surface area contributed by atoms with E-state index in [9.17, 15) is 29.9 Å². The van der Waals surface area contributed by atoms with E-state index in [1.807, 2.05) is 0 Å². The van der Waals surface area contributed by atoms with Gasteiger partial charge >= 0.3 is 5.69 Å². The van der Waals surface area contributed by atoms with Crippen molar-refractivity contribution >= 4 is 39.9 Å². The molecule has 2 aromatic carbocycles. The molecule has 0 bridgehead atoms. The van der Waals surface area contributed by atoms with Gasteiger partial charge in [0.1, 0.15) is 0 Å². The molecule has 0 saturated carbocycles. The number of nitrogens with zero attached hydrogens (tertiary/aromatic N) is 2. The van der Waals surface area contributed by atoms with Gasteiger partial charge in [-0.2, -0.15) is 0 Å². The van der Waals surface area contributed by atoms with Crippen LogP contribution in [0.25, 0.3) is 10.9 Å². The van der Waals surface area contributed by atoms with E-state index in [0.29, 0.717) is 5.02 Å². The number of nitro groups is 1. The Bertz CT molecular complexity index is 1100. The van der Waals surface area contributed by atoms with E-state index in [2.05, 4.69) is 0 Å². The third-order valence-corrected chi connectivity index (χ3v) is 4.12. The van der Waals surface area contributed by atoms with Crippen LogP contribution in [-0.2, 0) is 0 Å². The molecule has 26 heavy (non-hydrogen) atoms. The highest BCUT2D eigenvalue weighted by Crippen LogP contribution is 2.36. The third kappa shape index (κ3) is 2.66. The summed E-state index contributed by atoms with van der Waals surface area (Å²) < 4.78 is 0.934. The molecule has 0 aliphatic rings. The number of fused-ring (bicyclic) bond motifs is 1. The SMILES string of the molecule is CC(=O)n1c(O)c(C(=O)c2ccc(O)c([N+](=O)[O-])c2)c2ccc(Cl)cc21. The summed E-state index contributed by atoms with van der Waals surface area (Å²) in [7, 11) is 0. The number of carbonyl (C=O) groups excluding carboxylic acids is 2. The minimum absolute atomic E-state index is 0.123. The molecule has 1 aromatic heterocycles. The number of aromatic nitrogens is 1. The number of rotatable bonds is 3. The summed E-state index contributed by atoms with van der Waals surface area (Å²) in [5, 5.41) is 31.5. The van der Waals surface area contributed by atoms with Crippen molar-refractivity contribution in [2.24, 2.45) is 0 Å². The second-order valence-corrected chi connectivity index (χ2v) is 5.94. The molecule has 3 rings (SSSR count). The Hall–Kier alpha value is -3.39. The monoisotopic (exact) mass is 374 g/mol. The van der Waals surface area contributed by atoms with Crippen molar-refractivity contribution in [1.82, 2.24) is 4.57 Å². The molecule has 0 atom stereocenters. The number of hydrogen-bond donors (Lipinski definition) is 2. The van der Waals surface area contributed by atoms with Crippen LogP contribution < -0.4 is 0 Å². The van der Waals surface area contributed by atoms with Gasteiger partial charge in [-0.15, -0.1) is 0 Å². The zero-order valence-corrected chi connectivity index (χ0v) is 14.0. The molecule has 0 fully saturated rings. The Morgan fingerprint density at radius 1 is 1.15 bits per heavy atom. The van der Waals surface area contributed by atoms with Crippen LogP contribution in [0.1, 0.15) is 27.6 Å². The van der Waals surface area contributed by atoms with Crippen LogP contribution in [0.15, 0.2) is 36.4 Å². The summed E-state index contributed by atoms with van der Waals surface area (Å²) in [6.45, 7) is 1.21. The summed E-state index contributed by atoms with van der Waals surface area (Å²) in [4.78, 5) is 34.9. The number of carbonyl (C=O) groups is 2. The predicted molar refractivity (Wildman–Crippen MR) is 93.1 cm³/mol. The minimum Gasteiger partial charge on any atom is -0.502 e. The number of aromatic hydroxyl groups is 2. The summed E-state index contributed by atoms with van der Waals surface area (Å²) in [5.41, 5.74) is -0.720. The smallest absolute Gasteiger partial charge is 0.311 e. The van der Waals surface area contributed by atoms with E-state index in [1.54, 1.807) is 0 Å². The van der Waals surface area contributed by atoms with Crippen LogP contribution in [0.2, 0.25) is 5.02 Å². The number of halogens is 1. The quantitative estimate of drug-likeness (QED) is 0.411. The van der Waals surface area contributed by atoms with Gasteiger partial charge in [-0.3, -0.25) is 19.7 Å². The molecule has 0 radical (unpaired) electrons. The Morgan fingerprint density at radius 2 is 1.85 bits per heavy atom. The number of ketones is 1. The zero-order valence-electron chi connectivity index (χ0n) is 13.3. The fourth-order valence-electron chi connectivity index (χ4n) is 2.75. The van der Waals surface area contributed by atoms with Crippen molar-refractivity contribution in [3.63, 3.8) is 0 Å². The van der Waals surface area contributed by atoms with Gasteiger partial charge in [0, 0.05) is 29.0 Å². The number of benzene rings is 2. The van der Waals surface area contributed by atoms with Crippen LogP contribution in [0.5, 0.6) is 11.6 Å². The van der Waals surface area contributed by atoms with Gasteiger partial charge in [0.05, 0.1) is 16.0 Å². The van der Waals surface area contributed by atoms with Crippen LogP contribution in [0.3, 0.4) is 0 Å². The minimum atomic E-state index is -0.829. The topological polar surface area (TPSA) is 123 Å². The molecule has 0 unspecified atom stereocenters. The molecule has 0 aliphatic heterocycles. The number of nitro benzene ring substituents is 1. The molecular formula is C17H11ClN2O6. The summed E-state index contributed by atoms with van der Waals surface area (Å²) >= 11 is 5.93. The Balaban J connectivity index is 2.28. The van der Waals surface area contributed by atoms with Gasteiger partial charge in [-0.05, 0) is 24.3 Å². The van der Waals surface area contributed by atoms with E-state index in [1.165, 1.54) is 31.2 Å². The van der Waals surface area contributed by atoms with Gasteiger partial charge in [-0.25, -0.2) is 4.57 Å². The second kappa shape index (κ2) is 6.16. The average Bonchev–Trinajstić information content (AvgIpc) is 2.85. The Kier molecular flexibility index (Phi) is 4.13. The fourth-order valence-corrected chi connectivity index (χ4v) is 2.91. The Morgan fingerprint density at radius 3 is 2.46 bits per heavy atom. The molecule has 9 heteroatoms. The lowest BCUT2D eigenvalue weighted by molar-refractivity contribution is -0.385. The first-order chi connectivity index (χ1) is 12.2. The van der Waals surface area contributed by atoms with E-state index >= 15 is 0 Å². The van der Waals surface area contributed by atoms with E-state index in [4.69, 9.17) is 11.6 Å². The van der Waals surface area contributed by atoms with Crippen molar-refractivity contribution in [3.8, 4) is 11.6 Å². The maximum Gasteiger partial charge on any atom is 0.311 e. The molecule has 132 valence electrons. The normalized spacial score (nSPS) is 10.8. The molecule has 0 amide bonds. The van der Waals surface area contributed by atoms with Crippen LogP contribution in [0, 0.1) is 10.1 Å². The molecule has 0 spiro atoms. The Labute approximate surface area is 151 Å². The number of hydrogen-bond acceptors (Lipinski definition) is 6. The molecule has 8 nitrogen and oxygen atoms in total. The van der Waals surface area contributed by atoms with Crippen LogP contribution in [0.4, 0.5) is 5.69 Å². The zero-order chi connectivity index (χ0) is 19.2. The van der Waals surface area contributed by atoms with Crippen molar-refractivity contribution in [1.29, 1.82) is 0 Å². The second-order valence-electron chi connectivity index (χ2n) is 5.50. The van der Waals surface area contributed by atoms with Crippen molar-refractivity contribution in [2.45, 2.75) is 6.92 Å². The third-order valence-electron chi connectivity index (χ3n) is 3.88. The van der Waals surface area contributed by atoms with E-state index in [0.717, 1.165) is 16.7 Å². The lowest BCUT2D eigenvalue weighted by atomic mass is 10.0. The van der Waals surface area contributed by atoms with Crippen molar-refractivity contribution < 1.29 is 24.7 Å². The highest BCUT2D eigenvalue weighted by Gasteiger charge is 2.27. The average molecular weight is 375 g/mol. The maximum atomic E-state index is 12.9. The summed E-state index contributed by atoms with van der Waals surface area (Å²) in [6.07, 6.45) is 0. The van der Waals surface area contributed by atoms with Gasteiger partial charge in [-0.1, -0.05) is 17.7 Å². The fraction of sp³-hybridized carbons (Fsp3) is 0.0588. The standard InChI is InChI=1S/C17H11ClN2O6/c1-8(21)19-12-7-10(18)3-4-11(12)15(17(19)24)16(23)9-2-5-14(22)13(6-9)20(25)26/h2-7,22,24H,1H3. The highest BCUT2D eigenvalue weighted by atomic mass is 35.5. The van der Waals surface area contributed by atoms with Gasteiger partial charge in [0.2, 0.25) is 11.8 Å². The van der Waals surface area contributed by atoms with E-state index in [-0.39, 0.29) is 22.0 Å². The molecule has 0 saturated heterocycles. The van der Waals surface area contributed by atoms with Gasteiger partial charge in [0.15, 0.2) is 11.5 Å². The number of phenolic OH excluding ortho intramolecular Hbond substituents is 1. The summed E-state index contributed by atoms with van der Waals surface area (Å²) in [5.74, 6) is -2.45. The largest absolute Gasteiger partial charge is 0.502 e. The van der Waals surface area contributed by atoms with Crippen LogP contribution >= 0.6 is 11.6 Å². The first-order valence-corrected chi connectivity index (χ1v) is 7.66. The van der Waals surface area contributed by atoms with E-state index < -0.39 is 33.9 Å². The first-order valence-electron chi connectivity index (χ1n) is 7.28. The molecule has 0 aliphatic carbocycles. The van der Waals surface area contributed by atoms with Crippen molar-refractivity contribution in [2.75, 3.05) is 0 Å². The van der Waals surface area contributed by atoms with Crippen LogP contribution in [-0.4, -0.2) is 31.4 Å². The van der Waals surface area contributed by atoms with Gasteiger partial charge in [0.25, 0.3) is 0 Å². The molecule has 2 N–H and O–H groups in total. The molecule has 1 heterocycles. The molecule has 3 aromatic rings. The first kappa shape index (κ1) is 17.4. The number of phenols is 1. The lowest BCUT2D eigenvalue weighted by Gasteiger charge is -2.03.